The van der Waals surface area contributed by atoms with Gasteiger partial charge in [0, 0.05) is 5.92 Å². The fourth-order valence-electron chi connectivity index (χ4n) is 2.62. The van der Waals surface area contributed by atoms with Crippen molar-refractivity contribution in [2.24, 2.45) is 5.92 Å². The highest BCUT2D eigenvalue weighted by Gasteiger charge is 2.22. The molecule has 0 saturated heterocycles. The standard InChI is InChI=1S/C17H26O2Si/c1-14(19-20(2,3)4)18-13-17(15-9-5-6-10-15)16-11-7-8-12-16/h5,7,9-12,14,17H,6,8,13H2,1-4H3. The molecule has 0 aromatic heterocycles. The van der Waals surface area contributed by atoms with Gasteiger partial charge in [0.2, 0.25) is 0 Å². The molecule has 0 bridgehead atoms. The first-order valence-corrected chi connectivity index (χ1v) is 10.9. The van der Waals surface area contributed by atoms with Crippen LogP contribution in [0.3, 0.4) is 0 Å². The van der Waals surface area contributed by atoms with E-state index in [1.165, 1.54) is 11.1 Å². The fraction of sp³-hybridized carbons (Fsp3) is 0.529. The van der Waals surface area contributed by atoms with Crippen molar-refractivity contribution in [2.45, 2.75) is 45.7 Å². The van der Waals surface area contributed by atoms with Crippen LogP contribution in [0.1, 0.15) is 19.8 Å². The van der Waals surface area contributed by atoms with Crippen LogP contribution in [0, 0.1) is 5.92 Å². The Morgan fingerprint density at radius 2 is 1.60 bits per heavy atom. The maximum Gasteiger partial charge on any atom is 0.187 e. The van der Waals surface area contributed by atoms with Crippen molar-refractivity contribution >= 4 is 8.32 Å². The maximum atomic E-state index is 5.97. The Balaban J connectivity index is 1.95. The molecule has 0 spiro atoms. The third-order valence-electron chi connectivity index (χ3n) is 3.42. The first-order valence-electron chi connectivity index (χ1n) is 7.48. The van der Waals surface area contributed by atoms with Crippen molar-refractivity contribution < 1.29 is 9.16 Å². The van der Waals surface area contributed by atoms with Crippen molar-refractivity contribution in [3.05, 3.63) is 47.6 Å². The summed E-state index contributed by atoms with van der Waals surface area (Å²) in [6, 6.07) is 0. The lowest BCUT2D eigenvalue weighted by Gasteiger charge is -2.26. The summed E-state index contributed by atoms with van der Waals surface area (Å²) in [5.74, 6) is 0.347. The minimum absolute atomic E-state index is 0.124. The molecule has 20 heavy (non-hydrogen) atoms. The quantitative estimate of drug-likeness (QED) is 0.504. The zero-order valence-electron chi connectivity index (χ0n) is 13.1. The Morgan fingerprint density at radius 3 is 2.00 bits per heavy atom. The van der Waals surface area contributed by atoms with Crippen LogP contribution in [0.25, 0.3) is 0 Å². The average Bonchev–Trinajstić information content (AvgIpc) is 2.98. The van der Waals surface area contributed by atoms with Gasteiger partial charge in [0.05, 0.1) is 6.61 Å². The van der Waals surface area contributed by atoms with Gasteiger partial charge in [0.25, 0.3) is 0 Å². The summed E-state index contributed by atoms with van der Waals surface area (Å²) in [7, 11) is -1.54. The van der Waals surface area contributed by atoms with E-state index in [2.05, 4.69) is 56.1 Å². The van der Waals surface area contributed by atoms with E-state index in [1.54, 1.807) is 0 Å². The van der Waals surface area contributed by atoms with E-state index in [0.717, 1.165) is 12.8 Å². The molecule has 0 N–H and O–H groups in total. The second kappa shape index (κ2) is 6.70. The van der Waals surface area contributed by atoms with E-state index in [-0.39, 0.29) is 6.29 Å². The van der Waals surface area contributed by atoms with E-state index in [9.17, 15) is 0 Å². The van der Waals surface area contributed by atoms with Gasteiger partial charge in [-0.2, -0.15) is 0 Å². The summed E-state index contributed by atoms with van der Waals surface area (Å²) in [5, 5.41) is 0. The Morgan fingerprint density at radius 1 is 1.05 bits per heavy atom. The lowest BCUT2D eigenvalue weighted by atomic mass is 9.93. The Kier molecular flexibility index (Phi) is 5.19. The highest BCUT2D eigenvalue weighted by molar-refractivity contribution is 6.69. The zero-order valence-corrected chi connectivity index (χ0v) is 14.1. The topological polar surface area (TPSA) is 18.5 Å². The lowest BCUT2D eigenvalue weighted by molar-refractivity contribution is -0.0773. The molecule has 0 aliphatic heterocycles. The van der Waals surface area contributed by atoms with E-state index in [0.29, 0.717) is 12.5 Å². The molecule has 0 amide bonds. The molecule has 2 rings (SSSR count). The highest BCUT2D eigenvalue weighted by atomic mass is 28.4. The summed E-state index contributed by atoms with van der Waals surface area (Å²) in [5.41, 5.74) is 2.76. The molecule has 110 valence electrons. The highest BCUT2D eigenvalue weighted by Crippen LogP contribution is 2.30. The molecule has 0 saturated carbocycles. The van der Waals surface area contributed by atoms with Crippen LogP contribution in [0.4, 0.5) is 0 Å². The van der Waals surface area contributed by atoms with Gasteiger partial charge in [-0.3, -0.25) is 0 Å². The maximum absolute atomic E-state index is 5.97. The van der Waals surface area contributed by atoms with Crippen LogP contribution in [-0.4, -0.2) is 21.2 Å². The molecular weight excluding hydrogens is 264 g/mol. The van der Waals surface area contributed by atoms with E-state index in [4.69, 9.17) is 9.16 Å². The number of allylic oxidation sites excluding steroid dienone is 6. The summed E-state index contributed by atoms with van der Waals surface area (Å²) in [6.07, 6.45) is 15.4. The molecule has 0 aromatic carbocycles. The summed E-state index contributed by atoms with van der Waals surface area (Å²) < 4.78 is 11.9. The summed E-state index contributed by atoms with van der Waals surface area (Å²) in [6.45, 7) is 9.27. The van der Waals surface area contributed by atoms with Gasteiger partial charge in [-0.05, 0) is 50.6 Å². The summed E-state index contributed by atoms with van der Waals surface area (Å²) >= 11 is 0. The number of rotatable bonds is 7. The molecule has 0 radical (unpaired) electrons. The molecule has 1 atom stereocenters. The third kappa shape index (κ3) is 4.58. The molecule has 0 fully saturated rings. The second-order valence-electron chi connectivity index (χ2n) is 6.37. The van der Waals surface area contributed by atoms with E-state index in [1.807, 2.05) is 6.92 Å². The second-order valence-corrected chi connectivity index (χ2v) is 10.8. The molecular formula is C17H26O2Si. The van der Waals surface area contributed by atoms with Crippen molar-refractivity contribution in [2.75, 3.05) is 6.61 Å². The normalized spacial score (nSPS) is 19.6. The lowest BCUT2D eigenvalue weighted by Crippen LogP contribution is -2.33. The van der Waals surface area contributed by atoms with Crippen LogP contribution in [0.15, 0.2) is 47.6 Å². The molecule has 0 heterocycles. The zero-order chi connectivity index (χ0) is 14.6. The minimum Gasteiger partial charge on any atom is -0.393 e. The average molecular weight is 290 g/mol. The smallest absolute Gasteiger partial charge is 0.187 e. The van der Waals surface area contributed by atoms with Crippen molar-refractivity contribution in [1.82, 2.24) is 0 Å². The Labute approximate surface area is 124 Å². The SMILES string of the molecule is CC(OCC(C1=CCC=C1)C1=CCC=C1)O[Si](C)(C)C. The predicted molar refractivity (Wildman–Crippen MR) is 87.0 cm³/mol. The van der Waals surface area contributed by atoms with Gasteiger partial charge < -0.3 is 9.16 Å². The first kappa shape index (κ1) is 15.5. The monoisotopic (exact) mass is 290 g/mol. The predicted octanol–water partition coefficient (Wildman–Crippen LogP) is 4.59. The summed E-state index contributed by atoms with van der Waals surface area (Å²) in [4.78, 5) is 0. The number of ether oxygens (including phenoxy) is 1. The van der Waals surface area contributed by atoms with Crippen LogP contribution in [0.2, 0.25) is 19.6 Å². The molecule has 2 nitrogen and oxygen atoms in total. The van der Waals surface area contributed by atoms with Gasteiger partial charge >= 0.3 is 0 Å². The van der Waals surface area contributed by atoms with Crippen LogP contribution in [-0.2, 0) is 9.16 Å². The van der Waals surface area contributed by atoms with E-state index >= 15 is 0 Å². The molecule has 0 aromatic rings. The van der Waals surface area contributed by atoms with Gasteiger partial charge in [-0.1, -0.05) is 36.5 Å². The van der Waals surface area contributed by atoms with Crippen molar-refractivity contribution in [3.8, 4) is 0 Å². The van der Waals surface area contributed by atoms with Gasteiger partial charge in [-0.15, -0.1) is 0 Å². The van der Waals surface area contributed by atoms with Gasteiger partial charge in [0.15, 0.2) is 8.32 Å². The third-order valence-corrected chi connectivity index (χ3v) is 4.46. The van der Waals surface area contributed by atoms with Gasteiger partial charge in [-0.25, -0.2) is 0 Å². The van der Waals surface area contributed by atoms with Gasteiger partial charge in [0.1, 0.15) is 6.29 Å². The fourth-order valence-corrected chi connectivity index (χ4v) is 3.68. The minimum atomic E-state index is -1.54. The van der Waals surface area contributed by atoms with Crippen LogP contribution < -0.4 is 0 Å². The molecule has 1 unspecified atom stereocenters. The molecule has 2 aliphatic rings. The van der Waals surface area contributed by atoms with Crippen LogP contribution >= 0.6 is 0 Å². The van der Waals surface area contributed by atoms with Crippen molar-refractivity contribution in [1.29, 1.82) is 0 Å². The largest absolute Gasteiger partial charge is 0.393 e. The number of hydrogen-bond donors (Lipinski definition) is 0. The molecule has 2 aliphatic carbocycles. The Bertz CT molecular complexity index is 422. The van der Waals surface area contributed by atoms with Crippen LogP contribution in [0.5, 0.6) is 0 Å². The first-order chi connectivity index (χ1) is 9.46. The van der Waals surface area contributed by atoms with E-state index < -0.39 is 8.32 Å². The molecule has 3 heteroatoms. The van der Waals surface area contributed by atoms with Crippen molar-refractivity contribution in [3.63, 3.8) is 0 Å². The number of hydrogen-bond acceptors (Lipinski definition) is 2. The Hall–Kier alpha value is -0.903.